The first-order valence-corrected chi connectivity index (χ1v) is 10.5. The lowest BCUT2D eigenvalue weighted by atomic mass is 10.0. The monoisotopic (exact) mass is 434 g/mol. The van der Waals surface area contributed by atoms with Gasteiger partial charge in [0.05, 0.1) is 6.04 Å². The third kappa shape index (κ3) is 7.88. The lowest BCUT2D eigenvalue weighted by molar-refractivity contribution is -0.141. The smallest absolute Gasteiger partial charge is 0.327 e. The zero-order valence-corrected chi connectivity index (χ0v) is 17.9. The summed E-state index contributed by atoms with van der Waals surface area (Å²) in [6.45, 7) is 4.51. The van der Waals surface area contributed by atoms with E-state index in [-0.39, 0.29) is 29.4 Å². The van der Waals surface area contributed by atoms with Crippen LogP contribution in [0.25, 0.3) is 0 Å². The van der Waals surface area contributed by atoms with Gasteiger partial charge in [0, 0.05) is 11.5 Å². The molecule has 0 spiro atoms. The Morgan fingerprint density at radius 2 is 1.57 bits per heavy atom. The number of rotatable bonds is 11. The number of carbonyl (C=O) groups excluding carboxylic acids is 3. The fraction of sp³-hybridized carbons (Fsp3) is 0.765. The van der Waals surface area contributed by atoms with Crippen LogP contribution >= 0.6 is 25.3 Å². The summed E-state index contributed by atoms with van der Waals surface area (Å²) >= 11 is 8.05. The highest BCUT2D eigenvalue weighted by Crippen LogP contribution is 2.08. The summed E-state index contributed by atoms with van der Waals surface area (Å²) in [5, 5.41) is 19.8. The Hall–Kier alpha value is -1.46. The van der Waals surface area contributed by atoms with Gasteiger partial charge in [0.15, 0.2) is 0 Å². The second kappa shape index (κ2) is 12.2. The first-order valence-electron chi connectivity index (χ1n) is 9.28. The number of aliphatic carboxylic acids is 1. The van der Waals surface area contributed by atoms with Crippen LogP contribution in [0.15, 0.2) is 0 Å². The van der Waals surface area contributed by atoms with Crippen molar-refractivity contribution in [1.82, 2.24) is 21.3 Å². The zero-order chi connectivity index (χ0) is 21.3. The van der Waals surface area contributed by atoms with Crippen LogP contribution in [0.1, 0.15) is 33.1 Å². The van der Waals surface area contributed by atoms with Crippen molar-refractivity contribution >= 4 is 48.9 Å². The Kier molecular flexibility index (Phi) is 10.7. The number of nitrogens with one attached hydrogen (secondary N) is 4. The van der Waals surface area contributed by atoms with Crippen molar-refractivity contribution in [2.75, 3.05) is 18.1 Å². The number of amides is 3. The van der Waals surface area contributed by atoms with Crippen LogP contribution in [-0.2, 0) is 19.2 Å². The molecule has 3 amide bonds. The molecule has 1 rings (SSSR count). The number of carboxylic acids is 1. The van der Waals surface area contributed by atoms with Gasteiger partial charge in [0.2, 0.25) is 17.7 Å². The SMILES string of the molecule is CC(C)CC(NC(=O)C(CS)NC(=O)C1CCCN1)C(=O)NC(CS)C(=O)O. The number of hydrogen-bond donors (Lipinski definition) is 7. The summed E-state index contributed by atoms with van der Waals surface area (Å²) in [5.74, 6) is -2.57. The lowest BCUT2D eigenvalue weighted by Gasteiger charge is -2.25. The summed E-state index contributed by atoms with van der Waals surface area (Å²) in [6, 6.07) is -3.33. The molecule has 0 aliphatic carbocycles. The molecule has 1 saturated heterocycles. The van der Waals surface area contributed by atoms with E-state index in [4.69, 9.17) is 5.11 Å². The summed E-state index contributed by atoms with van der Waals surface area (Å²) in [6.07, 6.45) is 1.90. The molecule has 0 aromatic carbocycles. The van der Waals surface area contributed by atoms with Gasteiger partial charge in [-0.1, -0.05) is 13.8 Å². The van der Waals surface area contributed by atoms with Gasteiger partial charge in [-0.15, -0.1) is 0 Å². The van der Waals surface area contributed by atoms with Crippen molar-refractivity contribution < 1.29 is 24.3 Å². The highest BCUT2D eigenvalue weighted by molar-refractivity contribution is 7.80. The van der Waals surface area contributed by atoms with Crippen molar-refractivity contribution in [1.29, 1.82) is 0 Å². The first-order chi connectivity index (χ1) is 13.2. The number of thiol groups is 2. The molecule has 0 aromatic rings. The molecule has 4 atom stereocenters. The number of carbonyl (C=O) groups is 4. The van der Waals surface area contributed by atoms with E-state index in [0.29, 0.717) is 12.8 Å². The largest absolute Gasteiger partial charge is 0.480 e. The molecular weight excluding hydrogens is 404 g/mol. The fourth-order valence-corrected chi connectivity index (χ4v) is 3.31. The van der Waals surface area contributed by atoms with Crippen molar-refractivity contribution in [3.63, 3.8) is 0 Å². The van der Waals surface area contributed by atoms with Crippen LogP contribution in [-0.4, -0.2) is 71.0 Å². The topological polar surface area (TPSA) is 137 Å². The van der Waals surface area contributed by atoms with E-state index in [1.165, 1.54) is 0 Å². The number of hydrogen-bond acceptors (Lipinski definition) is 7. The van der Waals surface area contributed by atoms with E-state index in [1.54, 1.807) is 0 Å². The van der Waals surface area contributed by atoms with Gasteiger partial charge < -0.3 is 26.4 Å². The van der Waals surface area contributed by atoms with Crippen LogP contribution in [0, 0.1) is 5.92 Å². The van der Waals surface area contributed by atoms with Gasteiger partial charge in [-0.2, -0.15) is 25.3 Å². The minimum absolute atomic E-state index is 0.0642. The quantitative estimate of drug-likeness (QED) is 0.212. The maximum atomic E-state index is 12.6. The molecule has 9 nitrogen and oxygen atoms in total. The van der Waals surface area contributed by atoms with E-state index >= 15 is 0 Å². The lowest BCUT2D eigenvalue weighted by Crippen LogP contribution is -2.58. The van der Waals surface area contributed by atoms with E-state index < -0.39 is 35.9 Å². The first kappa shape index (κ1) is 24.6. The molecule has 5 N–H and O–H groups in total. The van der Waals surface area contributed by atoms with E-state index in [0.717, 1.165) is 13.0 Å². The third-order valence-corrected chi connectivity index (χ3v) is 5.06. The minimum atomic E-state index is -1.21. The summed E-state index contributed by atoms with van der Waals surface area (Å²) in [4.78, 5) is 48.4. The second-order valence-electron chi connectivity index (χ2n) is 7.17. The normalized spacial score (nSPS) is 19.5. The second-order valence-corrected chi connectivity index (χ2v) is 7.90. The molecule has 160 valence electrons. The molecule has 1 heterocycles. The van der Waals surface area contributed by atoms with Gasteiger partial charge in [-0.3, -0.25) is 14.4 Å². The molecule has 4 unspecified atom stereocenters. The fourth-order valence-electron chi connectivity index (χ4n) is 2.81. The third-order valence-electron chi connectivity index (χ3n) is 4.33. The maximum absolute atomic E-state index is 12.6. The van der Waals surface area contributed by atoms with Crippen molar-refractivity contribution in [2.45, 2.75) is 57.3 Å². The highest BCUT2D eigenvalue weighted by atomic mass is 32.1. The Morgan fingerprint density at radius 1 is 1.00 bits per heavy atom. The average Bonchev–Trinajstić information content (AvgIpc) is 3.17. The van der Waals surface area contributed by atoms with Crippen LogP contribution in [0.5, 0.6) is 0 Å². The van der Waals surface area contributed by atoms with Crippen LogP contribution in [0.3, 0.4) is 0 Å². The van der Waals surface area contributed by atoms with Gasteiger partial charge in [0.1, 0.15) is 18.1 Å². The molecule has 1 fully saturated rings. The van der Waals surface area contributed by atoms with Gasteiger partial charge in [-0.05, 0) is 31.7 Å². The zero-order valence-electron chi connectivity index (χ0n) is 16.1. The van der Waals surface area contributed by atoms with Gasteiger partial charge in [0.25, 0.3) is 0 Å². The van der Waals surface area contributed by atoms with Crippen molar-refractivity contribution in [2.24, 2.45) is 5.92 Å². The minimum Gasteiger partial charge on any atom is -0.480 e. The Morgan fingerprint density at radius 3 is 2.04 bits per heavy atom. The number of carboxylic acid groups (broad SMARTS) is 1. The maximum Gasteiger partial charge on any atom is 0.327 e. The highest BCUT2D eigenvalue weighted by Gasteiger charge is 2.31. The van der Waals surface area contributed by atoms with E-state index in [1.807, 2.05) is 13.8 Å². The molecule has 28 heavy (non-hydrogen) atoms. The Labute approximate surface area is 176 Å². The van der Waals surface area contributed by atoms with Crippen molar-refractivity contribution in [3.8, 4) is 0 Å². The van der Waals surface area contributed by atoms with Crippen molar-refractivity contribution in [3.05, 3.63) is 0 Å². The molecule has 11 heteroatoms. The van der Waals surface area contributed by atoms with Crippen LogP contribution in [0.4, 0.5) is 0 Å². The van der Waals surface area contributed by atoms with Gasteiger partial charge in [-0.25, -0.2) is 4.79 Å². The molecule has 0 saturated carbocycles. The summed E-state index contributed by atoms with van der Waals surface area (Å²) in [7, 11) is 0. The summed E-state index contributed by atoms with van der Waals surface area (Å²) in [5.41, 5.74) is 0. The average molecular weight is 435 g/mol. The Bertz CT molecular complexity index is 570. The molecule has 1 aliphatic heterocycles. The predicted molar refractivity (Wildman–Crippen MR) is 112 cm³/mol. The molecule has 0 radical (unpaired) electrons. The van der Waals surface area contributed by atoms with Crippen LogP contribution < -0.4 is 21.3 Å². The standard InChI is InChI=1S/C17H30N4O5S2/c1-9(2)6-11(15(23)21-13(8-28)17(25)26)19-16(24)12(7-27)20-14(22)10-4-3-5-18-10/h9-13,18,27-28H,3-8H2,1-2H3,(H,19,24)(H,20,22)(H,21,23)(H,25,26). The van der Waals surface area contributed by atoms with E-state index in [2.05, 4.69) is 46.5 Å². The van der Waals surface area contributed by atoms with E-state index in [9.17, 15) is 19.2 Å². The molecule has 0 aromatic heterocycles. The van der Waals surface area contributed by atoms with Gasteiger partial charge >= 0.3 is 5.97 Å². The molecule has 1 aliphatic rings. The molecular formula is C17H30N4O5S2. The Balaban J connectivity index is 2.76. The van der Waals surface area contributed by atoms with Crippen LogP contribution in [0.2, 0.25) is 0 Å². The molecule has 0 bridgehead atoms. The predicted octanol–water partition coefficient (Wildman–Crippen LogP) is -0.817. The summed E-state index contributed by atoms with van der Waals surface area (Å²) < 4.78 is 0.